The lowest BCUT2D eigenvalue weighted by atomic mass is 10.1. The van der Waals surface area contributed by atoms with Crippen molar-refractivity contribution in [3.05, 3.63) is 17.6 Å². The second-order valence-corrected chi connectivity index (χ2v) is 4.38. The highest BCUT2D eigenvalue weighted by atomic mass is 16.5. The third kappa shape index (κ3) is 5.35. The number of aliphatic carboxylic acids is 1. The highest BCUT2D eigenvalue weighted by molar-refractivity contribution is 5.85. The fourth-order valence-electron chi connectivity index (χ4n) is 1.69. The van der Waals surface area contributed by atoms with E-state index >= 15 is 0 Å². The lowest BCUT2D eigenvalue weighted by Gasteiger charge is -2.15. The Morgan fingerprint density at radius 3 is 2.67 bits per heavy atom. The van der Waals surface area contributed by atoms with Crippen LogP contribution in [0.2, 0.25) is 0 Å². The van der Waals surface area contributed by atoms with E-state index in [0.717, 1.165) is 0 Å². The first-order chi connectivity index (χ1) is 9.97. The number of hydrogen-bond acceptors (Lipinski definition) is 7. The van der Waals surface area contributed by atoms with Gasteiger partial charge in [-0.15, -0.1) is 0 Å². The van der Waals surface area contributed by atoms with Crippen molar-refractivity contribution in [1.82, 2.24) is 9.97 Å². The van der Waals surface area contributed by atoms with Crippen LogP contribution < -0.4 is 5.32 Å². The molecule has 0 aliphatic heterocycles. The number of carbonyl (C=O) groups excluding carboxylic acids is 1. The molecular weight excluding hydrogens is 278 g/mol. The highest BCUT2D eigenvalue weighted by Gasteiger charge is 2.19. The van der Waals surface area contributed by atoms with Crippen LogP contribution in [0.4, 0.5) is 5.82 Å². The predicted octanol–water partition coefficient (Wildman–Crippen LogP) is 0.863. The third-order valence-electron chi connectivity index (χ3n) is 2.68. The molecule has 1 rings (SSSR count). The van der Waals surface area contributed by atoms with Crippen molar-refractivity contribution in [3.63, 3.8) is 0 Å². The summed E-state index contributed by atoms with van der Waals surface area (Å²) in [6.07, 6.45) is 0.966. The number of nitrogens with one attached hydrogen (secondary N) is 1. The fourth-order valence-corrected chi connectivity index (χ4v) is 1.69. The second kappa shape index (κ2) is 8.15. The molecule has 8 heteroatoms. The van der Waals surface area contributed by atoms with E-state index in [1.165, 1.54) is 7.11 Å². The van der Waals surface area contributed by atoms with Crippen LogP contribution in [0.3, 0.4) is 0 Å². The standard InChI is InChI=1S/C13H19N3O5/c1-8-7-10(16-11(14-8)13(19)21-3)15-9(12(17)18)5-4-6-20-2/h7,9H,4-6H2,1-3H3,(H,17,18)(H,14,15,16). The number of rotatable bonds is 8. The lowest BCUT2D eigenvalue weighted by molar-refractivity contribution is -0.138. The molecular formula is C13H19N3O5. The van der Waals surface area contributed by atoms with E-state index in [9.17, 15) is 14.7 Å². The Bertz CT molecular complexity index is 507. The minimum atomic E-state index is -0.998. The summed E-state index contributed by atoms with van der Waals surface area (Å²) in [4.78, 5) is 30.6. The van der Waals surface area contributed by atoms with Gasteiger partial charge in [-0.2, -0.15) is 0 Å². The van der Waals surface area contributed by atoms with Gasteiger partial charge in [-0.25, -0.2) is 19.6 Å². The maximum absolute atomic E-state index is 11.4. The van der Waals surface area contributed by atoms with Crippen LogP contribution in [0.1, 0.15) is 29.2 Å². The van der Waals surface area contributed by atoms with E-state index in [1.54, 1.807) is 20.1 Å². The van der Waals surface area contributed by atoms with Crippen LogP contribution in [0.15, 0.2) is 6.07 Å². The summed E-state index contributed by atoms with van der Waals surface area (Å²) >= 11 is 0. The van der Waals surface area contributed by atoms with Gasteiger partial charge in [0.1, 0.15) is 11.9 Å². The van der Waals surface area contributed by atoms with Gasteiger partial charge in [-0.3, -0.25) is 0 Å². The van der Waals surface area contributed by atoms with E-state index in [-0.39, 0.29) is 11.6 Å². The van der Waals surface area contributed by atoms with Crippen molar-refractivity contribution in [1.29, 1.82) is 0 Å². The fraction of sp³-hybridized carbons (Fsp3) is 0.538. The number of carbonyl (C=O) groups is 2. The molecule has 0 saturated heterocycles. The molecule has 2 N–H and O–H groups in total. The van der Waals surface area contributed by atoms with Crippen LogP contribution in [0.5, 0.6) is 0 Å². The molecule has 0 aliphatic carbocycles. The van der Waals surface area contributed by atoms with Crippen molar-refractivity contribution in [2.75, 3.05) is 26.1 Å². The number of aryl methyl sites for hydroxylation is 1. The number of carboxylic acid groups (broad SMARTS) is 1. The summed E-state index contributed by atoms with van der Waals surface area (Å²) < 4.78 is 9.45. The molecule has 1 heterocycles. The number of esters is 1. The summed E-state index contributed by atoms with van der Waals surface area (Å²) in [6.45, 7) is 2.15. The zero-order valence-corrected chi connectivity index (χ0v) is 12.3. The summed E-state index contributed by atoms with van der Waals surface area (Å²) in [5, 5.41) is 12.0. The molecule has 1 aromatic heterocycles. The van der Waals surface area contributed by atoms with Crippen molar-refractivity contribution in [2.45, 2.75) is 25.8 Å². The minimum Gasteiger partial charge on any atom is -0.480 e. The van der Waals surface area contributed by atoms with E-state index in [1.807, 2.05) is 0 Å². The summed E-state index contributed by atoms with van der Waals surface area (Å²) in [6, 6.07) is 0.749. The van der Waals surface area contributed by atoms with Gasteiger partial charge in [0.2, 0.25) is 5.82 Å². The van der Waals surface area contributed by atoms with Crippen molar-refractivity contribution >= 4 is 17.8 Å². The van der Waals surface area contributed by atoms with Crippen LogP contribution in [0, 0.1) is 6.92 Å². The Morgan fingerprint density at radius 1 is 1.38 bits per heavy atom. The topological polar surface area (TPSA) is 111 Å². The average molecular weight is 297 g/mol. The molecule has 0 fully saturated rings. The smallest absolute Gasteiger partial charge is 0.376 e. The van der Waals surface area contributed by atoms with Gasteiger partial charge in [0.15, 0.2) is 0 Å². The van der Waals surface area contributed by atoms with Crippen LogP contribution in [-0.2, 0) is 14.3 Å². The van der Waals surface area contributed by atoms with Gasteiger partial charge in [0.25, 0.3) is 0 Å². The summed E-state index contributed by atoms with van der Waals surface area (Å²) in [5.41, 5.74) is 0.536. The van der Waals surface area contributed by atoms with Crippen LogP contribution in [-0.4, -0.2) is 53.9 Å². The molecule has 21 heavy (non-hydrogen) atoms. The molecule has 0 bridgehead atoms. The molecule has 0 aromatic carbocycles. The lowest BCUT2D eigenvalue weighted by Crippen LogP contribution is -2.30. The van der Waals surface area contributed by atoms with Crippen LogP contribution in [0.25, 0.3) is 0 Å². The number of aromatic nitrogens is 2. The average Bonchev–Trinajstić information content (AvgIpc) is 2.44. The molecule has 8 nitrogen and oxygen atoms in total. The number of nitrogens with zero attached hydrogens (tertiary/aromatic N) is 2. The van der Waals surface area contributed by atoms with Gasteiger partial charge in [-0.1, -0.05) is 0 Å². The Hall–Kier alpha value is -2.22. The van der Waals surface area contributed by atoms with E-state index in [0.29, 0.717) is 25.1 Å². The van der Waals surface area contributed by atoms with E-state index < -0.39 is 18.0 Å². The molecule has 0 amide bonds. The maximum atomic E-state index is 11.4. The zero-order valence-electron chi connectivity index (χ0n) is 12.3. The first kappa shape index (κ1) is 16.8. The number of hydrogen-bond donors (Lipinski definition) is 2. The third-order valence-corrected chi connectivity index (χ3v) is 2.68. The monoisotopic (exact) mass is 297 g/mol. The number of ether oxygens (including phenoxy) is 2. The number of carboxylic acids is 1. The molecule has 1 aromatic rings. The van der Waals surface area contributed by atoms with Gasteiger partial charge < -0.3 is 19.9 Å². The Labute approximate surface area is 122 Å². The first-order valence-corrected chi connectivity index (χ1v) is 6.40. The molecule has 1 atom stereocenters. The van der Waals surface area contributed by atoms with E-state index in [4.69, 9.17) is 4.74 Å². The second-order valence-electron chi connectivity index (χ2n) is 4.38. The molecule has 0 spiro atoms. The Kier molecular flexibility index (Phi) is 6.54. The number of anilines is 1. The largest absolute Gasteiger partial charge is 0.480 e. The molecule has 116 valence electrons. The Morgan fingerprint density at radius 2 is 2.10 bits per heavy atom. The molecule has 0 aliphatic rings. The molecule has 0 radical (unpaired) electrons. The van der Waals surface area contributed by atoms with Gasteiger partial charge >= 0.3 is 11.9 Å². The Balaban J connectivity index is 2.85. The first-order valence-electron chi connectivity index (χ1n) is 6.40. The van der Waals surface area contributed by atoms with Gasteiger partial charge in [0, 0.05) is 25.5 Å². The SMILES string of the molecule is COCCCC(Nc1cc(C)nc(C(=O)OC)n1)C(=O)O. The molecule has 1 unspecified atom stereocenters. The minimum absolute atomic E-state index is 0.110. The quantitative estimate of drug-likeness (QED) is 0.537. The number of methoxy groups -OCH3 is 2. The maximum Gasteiger partial charge on any atom is 0.376 e. The zero-order chi connectivity index (χ0) is 15.8. The van der Waals surface area contributed by atoms with Crippen LogP contribution >= 0.6 is 0 Å². The van der Waals surface area contributed by atoms with Crippen molar-refractivity contribution in [2.24, 2.45) is 0 Å². The van der Waals surface area contributed by atoms with E-state index in [2.05, 4.69) is 20.0 Å². The van der Waals surface area contributed by atoms with Crippen molar-refractivity contribution < 1.29 is 24.2 Å². The highest BCUT2D eigenvalue weighted by Crippen LogP contribution is 2.11. The summed E-state index contributed by atoms with van der Waals surface area (Å²) in [7, 11) is 2.78. The summed E-state index contributed by atoms with van der Waals surface area (Å²) in [5.74, 6) is -1.51. The molecule has 0 saturated carbocycles. The normalized spacial score (nSPS) is 11.8. The predicted molar refractivity (Wildman–Crippen MR) is 74.3 cm³/mol. The van der Waals surface area contributed by atoms with Gasteiger partial charge in [-0.05, 0) is 19.8 Å². The van der Waals surface area contributed by atoms with Crippen molar-refractivity contribution in [3.8, 4) is 0 Å². The van der Waals surface area contributed by atoms with Gasteiger partial charge in [0.05, 0.1) is 7.11 Å².